The molecule has 0 aliphatic heterocycles. The highest BCUT2D eigenvalue weighted by Crippen LogP contribution is 2.22. The Balaban J connectivity index is 2.12. The van der Waals surface area contributed by atoms with Crippen LogP contribution in [0.1, 0.15) is 41.5 Å². The van der Waals surface area contributed by atoms with Gasteiger partial charge in [0.15, 0.2) is 0 Å². The summed E-state index contributed by atoms with van der Waals surface area (Å²) < 4.78 is 0. The molecule has 0 saturated heterocycles. The third-order valence-electron chi connectivity index (χ3n) is 2.65. The van der Waals surface area contributed by atoms with Crippen LogP contribution in [0.2, 0.25) is 0 Å². The molecule has 86 valence electrons. The van der Waals surface area contributed by atoms with Gasteiger partial charge in [0.05, 0.1) is 0 Å². The molecule has 0 fully saturated rings. The molecule has 0 amide bonds. The van der Waals surface area contributed by atoms with E-state index in [0.29, 0.717) is 0 Å². The summed E-state index contributed by atoms with van der Waals surface area (Å²) in [6, 6.07) is 2.30. The Morgan fingerprint density at radius 2 is 2.00 bits per heavy atom. The van der Waals surface area contributed by atoms with E-state index >= 15 is 0 Å². The Morgan fingerprint density at radius 1 is 1.20 bits per heavy atom. The topological polar surface area (TPSA) is 12.0 Å². The van der Waals surface area contributed by atoms with Crippen LogP contribution in [0, 0.1) is 13.8 Å². The molecule has 0 aliphatic rings. The Bertz CT molecular complexity index is 278. The third-order valence-corrected chi connectivity index (χ3v) is 3.86. The van der Waals surface area contributed by atoms with Gasteiger partial charge in [0.1, 0.15) is 0 Å². The van der Waals surface area contributed by atoms with E-state index in [-0.39, 0.29) is 0 Å². The third kappa shape index (κ3) is 4.80. The van der Waals surface area contributed by atoms with Crippen molar-refractivity contribution in [1.29, 1.82) is 0 Å². The van der Waals surface area contributed by atoms with Crippen molar-refractivity contribution in [1.82, 2.24) is 5.32 Å². The summed E-state index contributed by atoms with van der Waals surface area (Å²) in [5.41, 5.74) is 1.49. The molecule has 1 nitrogen and oxygen atoms in total. The lowest BCUT2D eigenvalue weighted by atomic mass is 10.1. The van der Waals surface area contributed by atoms with Crippen LogP contribution >= 0.6 is 11.3 Å². The SMILES string of the molecule is CCNCCCCCc1sc(C)cc1C. The molecule has 1 aromatic rings. The lowest BCUT2D eigenvalue weighted by Crippen LogP contribution is -2.13. The van der Waals surface area contributed by atoms with E-state index in [9.17, 15) is 0 Å². The first-order chi connectivity index (χ1) is 7.24. The van der Waals surface area contributed by atoms with E-state index in [2.05, 4.69) is 32.2 Å². The number of unbranched alkanes of at least 4 members (excludes halogenated alkanes) is 2. The van der Waals surface area contributed by atoms with Gasteiger partial charge in [0.2, 0.25) is 0 Å². The van der Waals surface area contributed by atoms with Crippen molar-refractivity contribution in [3.63, 3.8) is 0 Å². The quantitative estimate of drug-likeness (QED) is 0.698. The lowest BCUT2D eigenvalue weighted by molar-refractivity contribution is 0.618. The Labute approximate surface area is 97.9 Å². The minimum atomic E-state index is 1.10. The lowest BCUT2D eigenvalue weighted by Gasteiger charge is -2.01. The molecule has 0 bridgehead atoms. The molecule has 0 radical (unpaired) electrons. The highest BCUT2D eigenvalue weighted by Gasteiger charge is 2.01. The first-order valence-corrected chi connectivity index (χ1v) is 6.82. The average Bonchev–Trinajstić information content (AvgIpc) is 2.51. The van der Waals surface area contributed by atoms with Crippen LogP contribution in [0.5, 0.6) is 0 Å². The predicted octanol–water partition coefficient (Wildman–Crippen LogP) is 3.69. The second-order valence-electron chi connectivity index (χ2n) is 4.13. The minimum Gasteiger partial charge on any atom is -0.317 e. The summed E-state index contributed by atoms with van der Waals surface area (Å²) >= 11 is 1.97. The number of hydrogen-bond acceptors (Lipinski definition) is 2. The first-order valence-electron chi connectivity index (χ1n) is 6.00. The normalized spacial score (nSPS) is 10.9. The molecule has 0 atom stereocenters. The summed E-state index contributed by atoms with van der Waals surface area (Å²) in [6.45, 7) is 8.88. The highest BCUT2D eigenvalue weighted by molar-refractivity contribution is 7.12. The van der Waals surface area contributed by atoms with Crippen molar-refractivity contribution in [3.05, 3.63) is 21.4 Å². The smallest absolute Gasteiger partial charge is 0.00772 e. The molecule has 1 heterocycles. The predicted molar refractivity (Wildman–Crippen MR) is 69.9 cm³/mol. The summed E-state index contributed by atoms with van der Waals surface area (Å²) in [5, 5.41) is 3.37. The molecule has 1 aromatic heterocycles. The molecule has 1 N–H and O–H groups in total. The molecule has 2 heteroatoms. The average molecular weight is 225 g/mol. The van der Waals surface area contributed by atoms with Crippen LogP contribution < -0.4 is 5.32 Å². The zero-order valence-corrected chi connectivity index (χ0v) is 11.0. The van der Waals surface area contributed by atoms with Crippen LogP contribution in [0.15, 0.2) is 6.07 Å². The molecular formula is C13H23NS. The number of thiophene rings is 1. The molecule has 0 aliphatic carbocycles. The number of hydrogen-bond donors (Lipinski definition) is 1. The van der Waals surface area contributed by atoms with Crippen LogP contribution in [0.25, 0.3) is 0 Å². The standard InChI is InChI=1S/C13H23NS/c1-4-14-9-7-5-6-8-13-11(2)10-12(3)15-13/h10,14H,4-9H2,1-3H3. The van der Waals surface area contributed by atoms with Gasteiger partial charge in [-0.2, -0.15) is 0 Å². The molecule has 0 unspecified atom stereocenters. The van der Waals surface area contributed by atoms with Gasteiger partial charge in [-0.05, 0) is 57.8 Å². The van der Waals surface area contributed by atoms with E-state index in [0.717, 1.165) is 6.54 Å². The summed E-state index contributed by atoms with van der Waals surface area (Å²) in [5.74, 6) is 0. The van der Waals surface area contributed by atoms with E-state index in [4.69, 9.17) is 0 Å². The zero-order chi connectivity index (χ0) is 11.1. The molecule has 0 saturated carbocycles. The summed E-state index contributed by atoms with van der Waals surface area (Å²) in [6.07, 6.45) is 5.28. The zero-order valence-electron chi connectivity index (χ0n) is 10.2. The second-order valence-corrected chi connectivity index (χ2v) is 5.47. The van der Waals surface area contributed by atoms with E-state index in [1.54, 1.807) is 4.88 Å². The Kier molecular flexibility index (Phi) is 5.96. The molecule has 15 heavy (non-hydrogen) atoms. The van der Waals surface area contributed by atoms with Gasteiger partial charge in [-0.1, -0.05) is 13.3 Å². The van der Waals surface area contributed by atoms with Gasteiger partial charge in [-0.25, -0.2) is 0 Å². The van der Waals surface area contributed by atoms with E-state index in [1.165, 1.54) is 42.7 Å². The van der Waals surface area contributed by atoms with E-state index < -0.39 is 0 Å². The maximum absolute atomic E-state index is 3.37. The van der Waals surface area contributed by atoms with Crippen molar-refractivity contribution in [2.75, 3.05) is 13.1 Å². The van der Waals surface area contributed by atoms with Crippen molar-refractivity contribution < 1.29 is 0 Å². The highest BCUT2D eigenvalue weighted by atomic mass is 32.1. The fraction of sp³-hybridized carbons (Fsp3) is 0.692. The fourth-order valence-corrected chi connectivity index (χ4v) is 2.92. The molecule has 0 aromatic carbocycles. The number of rotatable bonds is 7. The fourth-order valence-electron chi connectivity index (χ4n) is 1.83. The number of aryl methyl sites for hydroxylation is 3. The Hall–Kier alpha value is -0.340. The maximum Gasteiger partial charge on any atom is 0.00772 e. The first kappa shape index (κ1) is 12.7. The molecule has 0 spiro atoms. The van der Waals surface area contributed by atoms with Crippen molar-refractivity contribution >= 4 is 11.3 Å². The number of nitrogens with one attached hydrogen (secondary N) is 1. The van der Waals surface area contributed by atoms with Crippen molar-refractivity contribution in [3.8, 4) is 0 Å². The van der Waals surface area contributed by atoms with Crippen molar-refractivity contribution in [2.45, 2.75) is 46.5 Å². The van der Waals surface area contributed by atoms with Gasteiger partial charge < -0.3 is 5.32 Å². The van der Waals surface area contributed by atoms with Crippen molar-refractivity contribution in [2.24, 2.45) is 0 Å². The second kappa shape index (κ2) is 7.02. The van der Waals surface area contributed by atoms with Crippen LogP contribution in [0.3, 0.4) is 0 Å². The van der Waals surface area contributed by atoms with E-state index in [1.807, 2.05) is 11.3 Å². The van der Waals surface area contributed by atoms with Gasteiger partial charge in [0, 0.05) is 9.75 Å². The maximum atomic E-state index is 3.37. The monoisotopic (exact) mass is 225 g/mol. The largest absolute Gasteiger partial charge is 0.317 e. The molecular weight excluding hydrogens is 202 g/mol. The Morgan fingerprint density at radius 3 is 2.60 bits per heavy atom. The van der Waals surface area contributed by atoms with Gasteiger partial charge in [0.25, 0.3) is 0 Å². The van der Waals surface area contributed by atoms with Crippen LogP contribution in [0.4, 0.5) is 0 Å². The summed E-state index contributed by atoms with van der Waals surface area (Å²) in [7, 11) is 0. The summed E-state index contributed by atoms with van der Waals surface area (Å²) in [4.78, 5) is 3.05. The molecule has 1 rings (SSSR count). The van der Waals surface area contributed by atoms with Gasteiger partial charge >= 0.3 is 0 Å². The van der Waals surface area contributed by atoms with Gasteiger partial charge in [-0.3, -0.25) is 0 Å². The minimum absolute atomic E-state index is 1.10. The van der Waals surface area contributed by atoms with Gasteiger partial charge in [-0.15, -0.1) is 11.3 Å². The van der Waals surface area contributed by atoms with Crippen LogP contribution in [-0.2, 0) is 6.42 Å². The van der Waals surface area contributed by atoms with Crippen LogP contribution in [-0.4, -0.2) is 13.1 Å².